The number of allylic oxidation sites excluding steroid dienone is 3. The van der Waals surface area contributed by atoms with Crippen LogP contribution in [0, 0.1) is 6.92 Å². The lowest BCUT2D eigenvalue weighted by Crippen LogP contribution is -1.84. The summed E-state index contributed by atoms with van der Waals surface area (Å²) >= 11 is 0. The molecule has 136 valence electrons. The molecule has 4 rings (SSSR count). The van der Waals surface area contributed by atoms with Gasteiger partial charge in [-0.2, -0.15) is 0 Å². The largest absolute Gasteiger partial charge is 0.0801 e. The van der Waals surface area contributed by atoms with Crippen molar-refractivity contribution < 1.29 is 0 Å². The van der Waals surface area contributed by atoms with Crippen molar-refractivity contribution in [2.24, 2.45) is 0 Å². The Labute approximate surface area is 167 Å². The summed E-state index contributed by atoms with van der Waals surface area (Å²) < 4.78 is 0. The maximum Gasteiger partial charge on any atom is -0.00943 e. The number of fused-ring (bicyclic) bond motifs is 1. The minimum absolute atomic E-state index is 0.938. The van der Waals surface area contributed by atoms with Gasteiger partial charge in [-0.15, -0.1) is 0 Å². The molecular weight excluding hydrogens is 336 g/mol. The van der Waals surface area contributed by atoms with Crippen molar-refractivity contribution in [2.75, 3.05) is 0 Å². The predicted octanol–water partition coefficient (Wildman–Crippen LogP) is 7.63. The minimum Gasteiger partial charge on any atom is -0.0801 e. The molecule has 4 aromatic rings. The topological polar surface area (TPSA) is 0 Å². The van der Waals surface area contributed by atoms with Crippen molar-refractivity contribution >= 4 is 16.8 Å². The first-order chi connectivity index (χ1) is 13.8. The summed E-state index contributed by atoms with van der Waals surface area (Å²) in [5, 5.41) is 2.59. The van der Waals surface area contributed by atoms with E-state index in [1.165, 1.54) is 38.6 Å². The molecule has 0 atom stereocenters. The van der Waals surface area contributed by atoms with Crippen LogP contribution < -0.4 is 0 Å². The maximum atomic E-state index is 2.23. The Kier molecular flexibility index (Phi) is 5.49. The first-order valence-electron chi connectivity index (χ1n) is 9.77. The Morgan fingerprint density at radius 2 is 1.43 bits per heavy atom. The fraction of sp³-hybridized carbons (Fsp3) is 0.0714. The second-order valence-electron chi connectivity index (χ2n) is 7.07. The molecule has 0 bridgehead atoms. The smallest absolute Gasteiger partial charge is 0.00943 e. The lowest BCUT2D eigenvalue weighted by atomic mass is 9.97. The van der Waals surface area contributed by atoms with Crippen molar-refractivity contribution in [1.82, 2.24) is 0 Å². The van der Waals surface area contributed by atoms with Crippen LogP contribution in [-0.2, 0) is 6.42 Å². The van der Waals surface area contributed by atoms with Gasteiger partial charge in [0.05, 0.1) is 0 Å². The first kappa shape index (κ1) is 18.0. The van der Waals surface area contributed by atoms with E-state index < -0.39 is 0 Å². The van der Waals surface area contributed by atoms with Crippen LogP contribution in [0.4, 0.5) is 0 Å². The van der Waals surface area contributed by atoms with Gasteiger partial charge in [-0.05, 0) is 51.9 Å². The number of aryl methyl sites for hydroxylation is 1. The lowest BCUT2D eigenvalue weighted by Gasteiger charge is -2.07. The van der Waals surface area contributed by atoms with Crippen LogP contribution in [0.3, 0.4) is 0 Å². The quantitative estimate of drug-likeness (QED) is 0.321. The zero-order valence-electron chi connectivity index (χ0n) is 16.2. The van der Waals surface area contributed by atoms with E-state index in [1.54, 1.807) is 0 Å². The molecule has 0 heteroatoms. The number of benzene rings is 4. The summed E-state index contributed by atoms with van der Waals surface area (Å²) in [7, 11) is 0. The zero-order valence-corrected chi connectivity index (χ0v) is 16.2. The van der Waals surface area contributed by atoms with Gasteiger partial charge >= 0.3 is 0 Å². The predicted molar refractivity (Wildman–Crippen MR) is 122 cm³/mol. The Morgan fingerprint density at radius 3 is 2.29 bits per heavy atom. The van der Waals surface area contributed by atoms with Gasteiger partial charge in [0.25, 0.3) is 0 Å². The normalized spacial score (nSPS) is 11.6. The van der Waals surface area contributed by atoms with Crippen LogP contribution in [-0.4, -0.2) is 0 Å². The standard InChI is InChI=1S/C28H24/c1-22-10-5-6-13-24(22)12-4-2-3-11-23-18-20-26(21-19-23)28-17-9-15-25-14-7-8-16-27(25)28/h2-10,12-21H,11H2,1H3/b3-2+,12-4-. The van der Waals surface area contributed by atoms with Crippen LogP contribution in [0.2, 0.25) is 0 Å². The summed E-state index contributed by atoms with van der Waals surface area (Å²) in [4.78, 5) is 0. The van der Waals surface area contributed by atoms with Gasteiger partial charge in [0.2, 0.25) is 0 Å². The van der Waals surface area contributed by atoms with Crippen molar-refractivity contribution in [2.45, 2.75) is 13.3 Å². The Bertz CT molecular complexity index is 1120. The van der Waals surface area contributed by atoms with E-state index in [1.807, 2.05) is 0 Å². The van der Waals surface area contributed by atoms with Gasteiger partial charge in [-0.1, -0.05) is 115 Å². The van der Waals surface area contributed by atoms with E-state index in [4.69, 9.17) is 0 Å². The van der Waals surface area contributed by atoms with E-state index in [9.17, 15) is 0 Å². The molecule has 0 saturated carbocycles. The number of hydrogen-bond acceptors (Lipinski definition) is 0. The highest BCUT2D eigenvalue weighted by molar-refractivity contribution is 5.96. The second-order valence-corrected chi connectivity index (χ2v) is 7.07. The highest BCUT2D eigenvalue weighted by Crippen LogP contribution is 2.28. The summed E-state index contributed by atoms with van der Waals surface area (Å²) in [6, 6.07) is 32.4. The molecule has 0 aromatic heterocycles. The van der Waals surface area contributed by atoms with E-state index in [0.717, 1.165) is 6.42 Å². The molecule has 0 aliphatic rings. The van der Waals surface area contributed by atoms with Gasteiger partial charge in [-0.3, -0.25) is 0 Å². The summed E-state index contributed by atoms with van der Waals surface area (Å²) in [6.07, 6.45) is 9.56. The Morgan fingerprint density at radius 1 is 0.679 bits per heavy atom. The SMILES string of the molecule is Cc1ccccc1/C=C\C=C\Cc1ccc(-c2cccc3ccccc23)cc1. The minimum atomic E-state index is 0.938. The molecule has 0 aliphatic carbocycles. The number of rotatable bonds is 5. The van der Waals surface area contributed by atoms with Gasteiger partial charge in [0, 0.05) is 0 Å². The van der Waals surface area contributed by atoms with Gasteiger partial charge in [-0.25, -0.2) is 0 Å². The lowest BCUT2D eigenvalue weighted by molar-refractivity contribution is 1.27. The zero-order chi connectivity index (χ0) is 19.2. The third-order valence-electron chi connectivity index (χ3n) is 5.12. The molecule has 0 radical (unpaired) electrons. The van der Waals surface area contributed by atoms with Crippen LogP contribution in [0.5, 0.6) is 0 Å². The molecule has 0 nitrogen and oxygen atoms in total. The monoisotopic (exact) mass is 360 g/mol. The van der Waals surface area contributed by atoms with E-state index in [0.29, 0.717) is 0 Å². The fourth-order valence-electron chi connectivity index (χ4n) is 3.51. The molecule has 0 heterocycles. The molecule has 28 heavy (non-hydrogen) atoms. The van der Waals surface area contributed by atoms with Crippen molar-refractivity contribution in [3.8, 4) is 11.1 Å². The summed E-state index contributed by atoms with van der Waals surface area (Å²) in [5.41, 5.74) is 6.46. The second kappa shape index (κ2) is 8.54. The third kappa shape index (κ3) is 4.13. The average Bonchev–Trinajstić information content (AvgIpc) is 2.75. The molecule has 4 aromatic carbocycles. The molecule has 0 aliphatic heterocycles. The highest BCUT2D eigenvalue weighted by atomic mass is 14.1. The molecule has 0 saturated heterocycles. The van der Waals surface area contributed by atoms with Crippen molar-refractivity contribution in [3.63, 3.8) is 0 Å². The molecule has 0 unspecified atom stereocenters. The van der Waals surface area contributed by atoms with Crippen molar-refractivity contribution in [3.05, 3.63) is 126 Å². The van der Waals surface area contributed by atoms with Crippen LogP contribution in [0.1, 0.15) is 16.7 Å². The summed E-state index contributed by atoms with van der Waals surface area (Å²) in [6.45, 7) is 2.14. The third-order valence-corrected chi connectivity index (χ3v) is 5.12. The van der Waals surface area contributed by atoms with Gasteiger partial charge in [0.15, 0.2) is 0 Å². The van der Waals surface area contributed by atoms with Crippen LogP contribution in [0.15, 0.2) is 109 Å². The molecule has 0 N–H and O–H groups in total. The van der Waals surface area contributed by atoms with Crippen LogP contribution >= 0.6 is 0 Å². The highest BCUT2D eigenvalue weighted by Gasteiger charge is 2.03. The Balaban J connectivity index is 1.44. The maximum absolute atomic E-state index is 2.23. The first-order valence-corrected chi connectivity index (χ1v) is 9.77. The number of hydrogen-bond donors (Lipinski definition) is 0. The molecule has 0 amide bonds. The average molecular weight is 361 g/mol. The van der Waals surface area contributed by atoms with Crippen molar-refractivity contribution in [1.29, 1.82) is 0 Å². The molecular formula is C28H24. The van der Waals surface area contributed by atoms with Gasteiger partial charge < -0.3 is 0 Å². The van der Waals surface area contributed by atoms with E-state index in [2.05, 4.69) is 122 Å². The van der Waals surface area contributed by atoms with E-state index in [-0.39, 0.29) is 0 Å². The fourth-order valence-corrected chi connectivity index (χ4v) is 3.51. The van der Waals surface area contributed by atoms with Gasteiger partial charge in [0.1, 0.15) is 0 Å². The molecule has 0 spiro atoms. The van der Waals surface area contributed by atoms with Crippen LogP contribution in [0.25, 0.3) is 28.0 Å². The van der Waals surface area contributed by atoms with E-state index >= 15 is 0 Å². The molecule has 0 fully saturated rings. The Hall–Kier alpha value is -3.38. The summed E-state index contributed by atoms with van der Waals surface area (Å²) in [5.74, 6) is 0.